The average Bonchev–Trinajstić information content (AvgIpc) is 2.68. The molecule has 1 heterocycles. The Morgan fingerprint density at radius 3 is 2.24 bits per heavy atom. The Morgan fingerprint density at radius 1 is 1.07 bits per heavy atom. The fourth-order valence-electron chi connectivity index (χ4n) is 2.54. The second-order valence-corrected chi connectivity index (χ2v) is 9.11. The van der Waals surface area contributed by atoms with Crippen LogP contribution in [0.1, 0.15) is 15.9 Å². The number of hydrogen-bond acceptors (Lipinski definition) is 7. The summed E-state index contributed by atoms with van der Waals surface area (Å²) >= 11 is 1.14. The van der Waals surface area contributed by atoms with Gasteiger partial charge in [0.25, 0.3) is 5.56 Å². The van der Waals surface area contributed by atoms with Crippen LogP contribution in [0.25, 0.3) is 11.4 Å². The van der Waals surface area contributed by atoms with Crippen LogP contribution in [0.4, 0.5) is 0 Å². The molecule has 0 saturated heterocycles. The number of carbonyl (C=O) groups is 1. The quantitative estimate of drug-likeness (QED) is 0.287. The van der Waals surface area contributed by atoms with Crippen LogP contribution in [0.3, 0.4) is 0 Å². The number of aromatic amines is 1. The Balaban J connectivity index is 1.96. The topological polar surface area (TPSA) is 106 Å². The van der Waals surface area contributed by atoms with Gasteiger partial charge in [0.1, 0.15) is 16.6 Å². The van der Waals surface area contributed by atoms with E-state index in [1.54, 1.807) is 42.7 Å². The molecule has 0 atom stereocenters. The number of rotatable bonds is 5. The molecule has 0 saturated carbocycles. The van der Waals surface area contributed by atoms with Crippen LogP contribution >= 0.6 is 11.8 Å². The first-order chi connectivity index (χ1) is 13.7. The van der Waals surface area contributed by atoms with Crippen LogP contribution in [0, 0.1) is 6.92 Å². The molecular formula is C20H18N2O5S2. The van der Waals surface area contributed by atoms with Crippen molar-refractivity contribution in [1.82, 2.24) is 9.97 Å². The van der Waals surface area contributed by atoms with Gasteiger partial charge < -0.3 is 9.72 Å². The highest BCUT2D eigenvalue weighted by Gasteiger charge is 2.21. The van der Waals surface area contributed by atoms with E-state index in [1.165, 1.54) is 12.1 Å². The molecule has 9 heteroatoms. The van der Waals surface area contributed by atoms with E-state index in [0.29, 0.717) is 11.3 Å². The molecule has 1 aromatic heterocycles. The van der Waals surface area contributed by atoms with E-state index in [4.69, 9.17) is 4.74 Å². The molecular weight excluding hydrogens is 412 g/mol. The Hall–Kier alpha value is -2.91. The molecule has 2 aromatic carbocycles. The molecule has 0 unspecified atom stereocenters. The predicted molar refractivity (Wildman–Crippen MR) is 111 cm³/mol. The minimum atomic E-state index is -3.33. The second-order valence-electron chi connectivity index (χ2n) is 6.30. The molecule has 0 spiro atoms. The molecule has 0 aliphatic rings. The highest BCUT2D eigenvalue weighted by atomic mass is 32.2. The van der Waals surface area contributed by atoms with Crippen molar-refractivity contribution in [1.29, 1.82) is 0 Å². The molecule has 0 aliphatic carbocycles. The minimum Gasteiger partial charge on any atom is -0.423 e. The number of hydrogen-bond donors (Lipinski definition) is 1. The molecule has 0 fully saturated rings. The number of aromatic nitrogens is 2. The number of nitrogens with zero attached hydrogens (tertiary/aromatic N) is 1. The van der Waals surface area contributed by atoms with Crippen LogP contribution in [-0.2, 0) is 9.84 Å². The van der Waals surface area contributed by atoms with Crippen molar-refractivity contribution >= 4 is 27.6 Å². The number of ether oxygens (including phenoxy) is 1. The molecule has 0 amide bonds. The lowest BCUT2D eigenvalue weighted by molar-refractivity contribution is 0.0728. The number of benzene rings is 2. The molecule has 3 rings (SSSR count). The monoisotopic (exact) mass is 430 g/mol. The van der Waals surface area contributed by atoms with E-state index in [1.807, 2.05) is 6.92 Å². The number of carbonyl (C=O) groups excluding carboxylic acids is 1. The number of nitrogens with one attached hydrogen (secondary N) is 1. The van der Waals surface area contributed by atoms with Gasteiger partial charge in [-0.3, -0.25) is 4.79 Å². The number of esters is 1. The number of aryl methyl sites for hydroxylation is 1. The van der Waals surface area contributed by atoms with Gasteiger partial charge >= 0.3 is 5.97 Å². The van der Waals surface area contributed by atoms with Crippen molar-refractivity contribution in [3.05, 3.63) is 70.0 Å². The lowest BCUT2D eigenvalue weighted by Gasteiger charge is -2.09. The van der Waals surface area contributed by atoms with Gasteiger partial charge in [-0.2, -0.15) is 0 Å². The summed E-state index contributed by atoms with van der Waals surface area (Å²) in [6.45, 7) is 1.91. The summed E-state index contributed by atoms with van der Waals surface area (Å²) in [6, 6.07) is 12.8. The Labute approximate surface area is 172 Å². The summed E-state index contributed by atoms with van der Waals surface area (Å²) in [7, 11) is -3.33. The van der Waals surface area contributed by atoms with Gasteiger partial charge in [-0.15, -0.1) is 11.8 Å². The smallest absolute Gasteiger partial charge is 0.351 e. The zero-order chi connectivity index (χ0) is 21.2. The Morgan fingerprint density at radius 2 is 1.69 bits per heavy atom. The maximum Gasteiger partial charge on any atom is 0.351 e. The Kier molecular flexibility index (Phi) is 5.90. The summed E-state index contributed by atoms with van der Waals surface area (Å²) < 4.78 is 28.5. The molecule has 0 bridgehead atoms. The molecule has 1 N–H and O–H groups in total. The van der Waals surface area contributed by atoms with E-state index in [2.05, 4.69) is 9.97 Å². The lowest BCUT2D eigenvalue weighted by atomic mass is 10.2. The van der Waals surface area contributed by atoms with Crippen LogP contribution in [0.5, 0.6) is 5.75 Å². The van der Waals surface area contributed by atoms with Gasteiger partial charge in [0.15, 0.2) is 15.4 Å². The number of H-pyrrole nitrogens is 1. The van der Waals surface area contributed by atoms with Crippen LogP contribution in [0.2, 0.25) is 0 Å². The van der Waals surface area contributed by atoms with E-state index < -0.39 is 21.4 Å². The number of thioether (sulfide) groups is 1. The van der Waals surface area contributed by atoms with Gasteiger partial charge in [0, 0.05) is 11.8 Å². The average molecular weight is 431 g/mol. The molecule has 150 valence electrons. The van der Waals surface area contributed by atoms with Crippen LogP contribution < -0.4 is 10.3 Å². The molecule has 29 heavy (non-hydrogen) atoms. The maximum absolute atomic E-state index is 12.6. The fourth-order valence-corrected chi connectivity index (χ4v) is 3.73. The molecule has 3 aromatic rings. The molecule has 0 aliphatic heterocycles. The maximum atomic E-state index is 12.6. The first-order valence-corrected chi connectivity index (χ1v) is 11.6. The largest absolute Gasteiger partial charge is 0.423 e. The van der Waals surface area contributed by atoms with Crippen molar-refractivity contribution in [3.63, 3.8) is 0 Å². The summed E-state index contributed by atoms with van der Waals surface area (Å²) in [5.41, 5.74) is 0.710. The van der Waals surface area contributed by atoms with Crippen molar-refractivity contribution < 1.29 is 17.9 Å². The van der Waals surface area contributed by atoms with Gasteiger partial charge in [0.05, 0.1) is 4.90 Å². The first-order valence-electron chi connectivity index (χ1n) is 8.46. The van der Waals surface area contributed by atoms with E-state index >= 15 is 0 Å². The van der Waals surface area contributed by atoms with Gasteiger partial charge in [-0.1, -0.05) is 17.7 Å². The zero-order valence-electron chi connectivity index (χ0n) is 15.9. The van der Waals surface area contributed by atoms with Crippen LogP contribution in [-0.4, -0.2) is 36.9 Å². The van der Waals surface area contributed by atoms with Gasteiger partial charge in [-0.25, -0.2) is 18.2 Å². The molecule has 7 nitrogen and oxygen atoms in total. The second kappa shape index (κ2) is 8.22. The van der Waals surface area contributed by atoms with Crippen molar-refractivity contribution in [2.75, 3.05) is 12.5 Å². The van der Waals surface area contributed by atoms with Crippen molar-refractivity contribution in [3.8, 4) is 17.1 Å². The summed E-state index contributed by atoms with van der Waals surface area (Å²) in [5.74, 6) is -0.246. The minimum absolute atomic E-state index is 0.159. The van der Waals surface area contributed by atoms with E-state index in [0.717, 1.165) is 23.6 Å². The summed E-state index contributed by atoms with van der Waals surface area (Å²) in [6.07, 6.45) is 2.81. The zero-order valence-corrected chi connectivity index (χ0v) is 17.6. The Bertz CT molecular complexity index is 1220. The van der Waals surface area contributed by atoms with Crippen molar-refractivity contribution in [2.45, 2.75) is 16.8 Å². The summed E-state index contributed by atoms with van der Waals surface area (Å²) in [5, 5.41) is 0.216. The van der Waals surface area contributed by atoms with Crippen molar-refractivity contribution in [2.24, 2.45) is 0 Å². The lowest BCUT2D eigenvalue weighted by Crippen LogP contribution is -2.24. The van der Waals surface area contributed by atoms with E-state index in [9.17, 15) is 18.0 Å². The van der Waals surface area contributed by atoms with Gasteiger partial charge in [-0.05, 0) is 49.6 Å². The SMILES string of the molecule is CSc1nc(-c2ccc(S(C)(=O)=O)cc2)[nH]c(=O)c1C(=O)Oc1ccc(C)cc1. The predicted octanol–water partition coefficient (Wildman–Crippen LogP) is 3.09. The van der Waals surface area contributed by atoms with E-state index in [-0.39, 0.29) is 21.3 Å². The molecule has 0 radical (unpaired) electrons. The highest BCUT2D eigenvalue weighted by Crippen LogP contribution is 2.23. The fraction of sp³-hybridized carbons (Fsp3) is 0.150. The third-order valence-electron chi connectivity index (χ3n) is 4.07. The standard InChI is InChI=1S/C20H18N2O5S2/c1-12-4-8-14(9-5-12)27-20(24)16-18(23)21-17(22-19(16)28-2)13-6-10-15(11-7-13)29(3,25)26/h4-11H,1-3H3,(H,21,22,23). The van der Waals surface area contributed by atoms with Gasteiger partial charge in [0.2, 0.25) is 0 Å². The first kappa shape index (κ1) is 20.8. The third kappa shape index (κ3) is 4.75. The summed E-state index contributed by atoms with van der Waals surface area (Å²) in [4.78, 5) is 32.2. The normalized spacial score (nSPS) is 11.3. The third-order valence-corrected chi connectivity index (χ3v) is 5.88. The van der Waals surface area contributed by atoms with Crippen LogP contribution in [0.15, 0.2) is 63.2 Å². The number of sulfone groups is 1. The highest BCUT2D eigenvalue weighted by molar-refractivity contribution is 7.98.